The van der Waals surface area contributed by atoms with Crippen LogP contribution in [0.1, 0.15) is 33.1 Å². The highest BCUT2D eigenvalue weighted by molar-refractivity contribution is 6.30. The number of hydrogen-bond donors (Lipinski definition) is 0. The van der Waals surface area contributed by atoms with E-state index in [0.29, 0.717) is 11.6 Å². The van der Waals surface area contributed by atoms with Crippen molar-refractivity contribution >= 4 is 11.6 Å². The topological polar surface area (TPSA) is 33.0 Å². The average molecular weight is 252 g/mol. The van der Waals surface area contributed by atoms with Crippen LogP contribution in [0, 0.1) is 16.7 Å². The van der Waals surface area contributed by atoms with Gasteiger partial charge in [0.2, 0.25) is 0 Å². The molecule has 92 valence electrons. The fraction of sp³-hybridized carbons (Fsp3) is 0.500. The van der Waals surface area contributed by atoms with E-state index >= 15 is 0 Å². The molecule has 0 saturated carbocycles. The Bertz CT molecular complexity index is 376. The van der Waals surface area contributed by atoms with Gasteiger partial charge in [0, 0.05) is 11.4 Å². The van der Waals surface area contributed by atoms with Gasteiger partial charge in [-0.2, -0.15) is 5.26 Å². The lowest BCUT2D eigenvalue weighted by Crippen LogP contribution is -2.19. The fourth-order valence-electron chi connectivity index (χ4n) is 1.71. The maximum absolute atomic E-state index is 9.19. The highest BCUT2D eigenvalue weighted by Gasteiger charge is 2.25. The van der Waals surface area contributed by atoms with Crippen molar-refractivity contribution in [2.24, 2.45) is 5.41 Å². The van der Waals surface area contributed by atoms with Crippen LogP contribution in [0.2, 0.25) is 5.02 Å². The standard InChI is InChI=1S/C14H18ClNO/c1-3-14(4-2,11-16)9-10-17-13-7-5-12(15)6-8-13/h5-8H,3-4,9-10H2,1-2H3. The van der Waals surface area contributed by atoms with Gasteiger partial charge in [-0.05, 0) is 37.1 Å². The zero-order valence-electron chi connectivity index (χ0n) is 10.4. The van der Waals surface area contributed by atoms with Crippen molar-refractivity contribution in [3.63, 3.8) is 0 Å². The first-order valence-electron chi connectivity index (χ1n) is 5.95. The molecular formula is C14H18ClNO. The lowest BCUT2D eigenvalue weighted by Gasteiger charge is -2.23. The highest BCUT2D eigenvalue weighted by Crippen LogP contribution is 2.29. The van der Waals surface area contributed by atoms with Crippen LogP contribution in [0.15, 0.2) is 24.3 Å². The maximum Gasteiger partial charge on any atom is 0.119 e. The van der Waals surface area contributed by atoms with Crippen LogP contribution in [0.25, 0.3) is 0 Å². The van der Waals surface area contributed by atoms with Crippen molar-refractivity contribution in [2.45, 2.75) is 33.1 Å². The van der Waals surface area contributed by atoms with E-state index in [2.05, 4.69) is 19.9 Å². The summed E-state index contributed by atoms with van der Waals surface area (Å²) in [5.74, 6) is 0.799. The SMILES string of the molecule is CCC(C#N)(CC)CCOc1ccc(Cl)cc1. The Morgan fingerprint density at radius 1 is 1.24 bits per heavy atom. The molecule has 1 aromatic carbocycles. The zero-order valence-corrected chi connectivity index (χ0v) is 11.1. The highest BCUT2D eigenvalue weighted by atomic mass is 35.5. The summed E-state index contributed by atoms with van der Waals surface area (Å²) in [6.07, 6.45) is 2.49. The smallest absolute Gasteiger partial charge is 0.119 e. The van der Waals surface area contributed by atoms with Gasteiger partial charge >= 0.3 is 0 Å². The van der Waals surface area contributed by atoms with Gasteiger partial charge in [-0.25, -0.2) is 0 Å². The fourth-order valence-corrected chi connectivity index (χ4v) is 1.84. The summed E-state index contributed by atoms with van der Waals surface area (Å²) in [5.41, 5.74) is -0.244. The van der Waals surface area contributed by atoms with E-state index in [4.69, 9.17) is 16.3 Å². The number of halogens is 1. The van der Waals surface area contributed by atoms with Crippen molar-refractivity contribution in [1.29, 1.82) is 5.26 Å². The predicted octanol–water partition coefficient (Wildman–Crippen LogP) is 4.44. The van der Waals surface area contributed by atoms with E-state index in [1.165, 1.54) is 0 Å². The molecule has 0 bridgehead atoms. The number of ether oxygens (including phenoxy) is 1. The van der Waals surface area contributed by atoms with Crippen molar-refractivity contribution in [3.05, 3.63) is 29.3 Å². The van der Waals surface area contributed by atoms with E-state index in [9.17, 15) is 5.26 Å². The van der Waals surface area contributed by atoms with E-state index < -0.39 is 0 Å². The van der Waals surface area contributed by atoms with Gasteiger partial charge in [0.1, 0.15) is 5.75 Å². The van der Waals surface area contributed by atoms with Crippen LogP contribution >= 0.6 is 11.6 Å². The molecule has 0 aliphatic carbocycles. The molecular weight excluding hydrogens is 234 g/mol. The Kier molecular flexibility index (Phi) is 5.31. The predicted molar refractivity (Wildman–Crippen MR) is 70.2 cm³/mol. The van der Waals surface area contributed by atoms with Crippen LogP contribution in [0.3, 0.4) is 0 Å². The largest absolute Gasteiger partial charge is 0.494 e. The molecule has 0 aliphatic heterocycles. The number of nitriles is 1. The van der Waals surface area contributed by atoms with Crippen molar-refractivity contribution < 1.29 is 4.74 Å². The summed E-state index contributed by atoms with van der Waals surface area (Å²) in [6, 6.07) is 9.69. The zero-order chi connectivity index (χ0) is 12.7. The first kappa shape index (κ1) is 13.9. The summed E-state index contributed by atoms with van der Waals surface area (Å²) in [7, 11) is 0. The van der Waals surface area contributed by atoms with E-state index in [-0.39, 0.29) is 5.41 Å². The van der Waals surface area contributed by atoms with E-state index in [0.717, 1.165) is 25.0 Å². The summed E-state index contributed by atoms with van der Waals surface area (Å²) in [4.78, 5) is 0. The second-order valence-corrected chi connectivity index (χ2v) is 4.59. The molecule has 0 amide bonds. The first-order chi connectivity index (χ1) is 8.15. The quantitative estimate of drug-likeness (QED) is 0.749. The van der Waals surface area contributed by atoms with Crippen LogP contribution in [0.4, 0.5) is 0 Å². The van der Waals surface area contributed by atoms with Gasteiger partial charge in [0.25, 0.3) is 0 Å². The molecule has 0 aliphatic rings. The minimum Gasteiger partial charge on any atom is -0.494 e. The molecule has 3 heteroatoms. The second kappa shape index (κ2) is 6.51. The van der Waals surface area contributed by atoms with Crippen molar-refractivity contribution in [3.8, 4) is 11.8 Å². The van der Waals surface area contributed by atoms with Gasteiger partial charge in [0.05, 0.1) is 18.1 Å². The molecule has 0 heterocycles. The molecule has 1 rings (SSSR count). The Morgan fingerprint density at radius 2 is 1.82 bits per heavy atom. The third-order valence-electron chi connectivity index (χ3n) is 3.25. The Morgan fingerprint density at radius 3 is 2.29 bits per heavy atom. The molecule has 0 radical (unpaired) electrons. The lowest BCUT2D eigenvalue weighted by molar-refractivity contribution is 0.231. The van der Waals surface area contributed by atoms with Crippen LogP contribution in [-0.2, 0) is 0 Å². The van der Waals surface area contributed by atoms with Gasteiger partial charge in [-0.15, -0.1) is 0 Å². The first-order valence-corrected chi connectivity index (χ1v) is 6.33. The minimum absolute atomic E-state index is 0.244. The monoisotopic (exact) mass is 251 g/mol. The molecule has 0 atom stereocenters. The third-order valence-corrected chi connectivity index (χ3v) is 3.51. The third kappa shape index (κ3) is 3.94. The molecule has 0 spiro atoms. The van der Waals surface area contributed by atoms with Gasteiger partial charge < -0.3 is 4.74 Å². The molecule has 0 saturated heterocycles. The Balaban J connectivity index is 2.47. The number of rotatable bonds is 6. The second-order valence-electron chi connectivity index (χ2n) is 4.15. The number of benzene rings is 1. The summed E-state index contributed by atoms with van der Waals surface area (Å²) < 4.78 is 5.61. The molecule has 2 nitrogen and oxygen atoms in total. The van der Waals surface area contributed by atoms with Crippen LogP contribution in [-0.4, -0.2) is 6.61 Å². The molecule has 0 fully saturated rings. The van der Waals surface area contributed by atoms with Gasteiger partial charge in [0.15, 0.2) is 0 Å². The molecule has 1 aromatic rings. The van der Waals surface area contributed by atoms with Crippen molar-refractivity contribution in [1.82, 2.24) is 0 Å². The Hall–Kier alpha value is -1.20. The van der Waals surface area contributed by atoms with E-state index in [1.54, 1.807) is 12.1 Å². The minimum atomic E-state index is -0.244. The molecule has 0 aromatic heterocycles. The molecule has 17 heavy (non-hydrogen) atoms. The molecule has 0 N–H and O–H groups in total. The van der Waals surface area contributed by atoms with Gasteiger partial charge in [-0.3, -0.25) is 0 Å². The number of nitrogens with zero attached hydrogens (tertiary/aromatic N) is 1. The summed E-state index contributed by atoms with van der Waals surface area (Å²) in [5, 5.41) is 9.89. The summed E-state index contributed by atoms with van der Waals surface area (Å²) in [6.45, 7) is 4.67. The Labute approximate surface area is 108 Å². The van der Waals surface area contributed by atoms with Gasteiger partial charge in [-0.1, -0.05) is 25.4 Å². The average Bonchev–Trinajstić information content (AvgIpc) is 2.38. The summed E-state index contributed by atoms with van der Waals surface area (Å²) >= 11 is 5.79. The normalized spacial score (nSPS) is 10.9. The maximum atomic E-state index is 9.19. The van der Waals surface area contributed by atoms with E-state index in [1.807, 2.05) is 12.1 Å². The van der Waals surface area contributed by atoms with Crippen molar-refractivity contribution in [2.75, 3.05) is 6.61 Å². The van der Waals surface area contributed by atoms with Crippen LogP contribution in [0.5, 0.6) is 5.75 Å². The lowest BCUT2D eigenvalue weighted by atomic mass is 9.81. The van der Waals surface area contributed by atoms with Crippen LogP contribution < -0.4 is 4.74 Å². The number of hydrogen-bond acceptors (Lipinski definition) is 2. The molecule has 0 unspecified atom stereocenters.